The third kappa shape index (κ3) is 2.23. The highest BCUT2D eigenvalue weighted by atomic mass is 16.1. The van der Waals surface area contributed by atoms with Crippen LogP contribution in [0.3, 0.4) is 0 Å². The van der Waals surface area contributed by atoms with Gasteiger partial charge in [-0.15, -0.1) is 0 Å². The number of rotatable bonds is 3. The molecule has 1 amide bonds. The van der Waals surface area contributed by atoms with Gasteiger partial charge in [0.1, 0.15) is 0 Å². The van der Waals surface area contributed by atoms with Crippen LogP contribution in [0.1, 0.15) is 90.9 Å². The fourth-order valence-electron chi connectivity index (χ4n) is 8.48. The molecule has 2 unspecified atom stereocenters. The topological polar surface area (TPSA) is 43.1 Å². The highest BCUT2D eigenvalue weighted by Crippen LogP contribution is 2.68. The predicted molar refractivity (Wildman–Crippen MR) is 98.3 cm³/mol. The number of hydrogen-bond acceptors (Lipinski definition) is 1. The summed E-state index contributed by atoms with van der Waals surface area (Å²) in [4.78, 5) is 12.2. The van der Waals surface area contributed by atoms with Crippen LogP contribution in [-0.2, 0) is 4.79 Å². The number of fused-ring (bicyclic) bond motifs is 5. The maximum Gasteiger partial charge on any atom is 0.221 e. The van der Waals surface area contributed by atoms with Crippen molar-refractivity contribution in [3.8, 4) is 0 Å². The minimum Gasteiger partial charge on any atom is -0.369 e. The first kappa shape index (κ1) is 16.9. The minimum atomic E-state index is 0.00182. The van der Waals surface area contributed by atoms with Crippen LogP contribution in [0.2, 0.25) is 0 Å². The van der Waals surface area contributed by atoms with E-state index in [4.69, 9.17) is 5.73 Å². The summed E-state index contributed by atoms with van der Waals surface area (Å²) < 4.78 is 0. The van der Waals surface area contributed by atoms with Crippen molar-refractivity contribution in [1.82, 2.24) is 0 Å². The van der Waals surface area contributed by atoms with Gasteiger partial charge in [-0.05, 0) is 92.3 Å². The molecule has 0 bridgehead atoms. The third-order valence-corrected chi connectivity index (χ3v) is 9.36. The van der Waals surface area contributed by atoms with Gasteiger partial charge in [0.25, 0.3) is 0 Å². The Balaban J connectivity index is 1.65. The standard InChI is InChI=1S/C22H37NO/c1-3-12-22-14-11-17-16(18(22)9-10-19(22)20(23)24)8-7-15-6-4-5-13-21(15,17)2/h15-19H,3-14H2,1-2H3,(H2,23,24)/t15?,16-,17+,18+,19?,21+,22+/m1/s1. The molecule has 4 saturated carbocycles. The molecule has 2 N–H and O–H groups in total. The fraction of sp³-hybridized carbons (Fsp3) is 0.955. The van der Waals surface area contributed by atoms with Crippen molar-refractivity contribution in [2.24, 2.45) is 46.2 Å². The zero-order valence-corrected chi connectivity index (χ0v) is 15.9. The monoisotopic (exact) mass is 331 g/mol. The smallest absolute Gasteiger partial charge is 0.221 e. The van der Waals surface area contributed by atoms with Gasteiger partial charge in [-0.1, -0.05) is 33.1 Å². The van der Waals surface area contributed by atoms with E-state index in [0.29, 0.717) is 5.41 Å². The number of nitrogens with two attached hydrogens (primary N) is 1. The molecule has 2 heteroatoms. The van der Waals surface area contributed by atoms with Crippen LogP contribution in [0.4, 0.5) is 0 Å². The average molecular weight is 332 g/mol. The lowest BCUT2D eigenvalue weighted by Gasteiger charge is -2.61. The van der Waals surface area contributed by atoms with Crippen LogP contribution < -0.4 is 5.73 Å². The lowest BCUT2D eigenvalue weighted by Crippen LogP contribution is -2.54. The molecule has 2 nitrogen and oxygen atoms in total. The normalized spacial score (nSPS) is 50.7. The van der Waals surface area contributed by atoms with Crippen LogP contribution in [0, 0.1) is 40.4 Å². The van der Waals surface area contributed by atoms with Crippen LogP contribution >= 0.6 is 0 Å². The summed E-state index contributed by atoms with van der Waals surface area (Å²) in [6.07, 6.45) is 16.2. The molecule has 7 atom stereocenters. The highest BCUT2D eigenvalue weighted by molar-refractivity contribution is 5.78. The summed E-state index contributed by atoms with van der Waals surface area (Å²) in [5.74, 6) is 3.75. The second kappa shape index (κ2) is 6.02. The molecule has 0 heterocycles. The first-order valence-corrected chi connectivity index (χ1v) is 10.8. The van der Waals surface area contributed by atoms with Gasteiger partial charge in [0.15, 0.2) is 0 Å². The lowest BCUT2D eigenvalue weighted by atomic mass is 9.44. The van der Waals surface area contributed by atoms with E-state index in [1.54, 1.807) is 0 Å². The first-order chi connectivity index (χ1) is 11.5. The highest BCUT2D eigenvalue weighted by Gasteiger charge is 2.61. The molecule has 0 aromatic carbocycles. The molecule has 0 aliphatic heterocycles. The van der Waals surface area contributed by atoms with E-state index in [2.05, 4.69) is 13.8 Å². The van der Waals surface area contributed by atoms with Gasteiger partial charge in [0.05, 0.1) is 0 Å². The Hall–Kier alpha value is -0.530. The molecular weight excluding hydrogens is 294 g/mol. The first-order valence-electron chi connectivity index (χ1n) is 10.8. The summed E-state index contributed by atoms with van der Waals surface area (Å²) in [6, 6.07) is 0. The van der Waals surface area contributed by atoms with Gasteiger partial charge in [-0.25, -0.2) is 0 Å². The van der Waals surface area contributed by atoms with Crippen molar-refractivity contribution >= 4 is 5.91 Å². The molecule has 0 spiro atoms. The second-order valence-electron chi connectivity index (χ2n) is 9.96. The van der Waals surface area contributed by atoms with E-state index < -0.39 is 0 Å². The van der Waals surface area contributed by atoms with E-state index in [1.807, 2.05) is 0 Å². The fourth-order valence-corrected chi connectivity index (χ4v) is 8.48. The van der Waals surface area contributed by atoms with Crippen molar-refractivity contribution in [1.29, 1.82) is 0 Å². The summed E-state index contributed by atoms with van der Waals surface area (Å²) in [5.41, 5.74) is 6.75. The quantitative estimate of drug-likeness (QED) is 0.749. The van der Waals surface area contributed by atoms with Crippen LogP contribution in [0.25, 0.3) is 0 Å². The zero-order valence-electron chi connectivity index (χ0n) is 15.9. The molecule has 4 rings (SSSR count). The Labute approximate surface area is 148 Å². The van der Waals surface area contributed by atoms with Gasteiger partial charge in [0, 0.05) is 5.92 Å². The molecule has 0 aromatic rings. The largest absolute Gasteiger partial charge is 0.369 e. The Morgan fingerprint density at radius 1 is 1.00 bits per heavy atom. The van der Waals surface area contributed by atoms with E-state index in [-0.39, 0.29) is 17.2 Å². The van der Waals surface area contributed by atoms with Crippen LogP contribution in [0.5, 0.6) is 0 Å². The number of hydrogen-bond donors (Lipinski definition) is 1. The van der Waals surface area contributed by atoms with Crippen molar-refractivity contribution in [3.63, 3.8) is 0 Å². The SMILES string of the molecule is CCC[C@]12CC[C@H]3[C@@H](CCC4CCCC[C@@]43C)[C@@H]1CCC2C(N)=O. The van der Waals surface area contributed by atoms with Gasteiger partial charge >= 0.3 is 0 Å². The summed E-state index contributed by atoms with van der Waals surface area (Å²) >= 11 is 0. The summed E-state index contributed by atoms with van der Waals surface area (Å²) in [7, 11) is 0. The van der Waals surface area contributed by atoms with Crippen molar-refractivity contribution in [2.45, 2.75) is 90.9 Å². The molecule has 0 aromatic heterocycles. The molecule has 136 valence electrons. The molecule has 4 aliphatic carbocycles. The Kier molecular flexibility index (Phi) is 4.24. The minimum absolute atomic E-state index is 0.00182. The van der Waals surface area contributed by atoms with E-state index >= 15 is 0 Å². The number of amides is 1. The number of carbonyl (C=O) groups excluding carboxylic acids is 1. The van der Waals surface area contributed by atoms with Gasteiger partial charge in [-0.3, -0.25) is 4.79 Å². The molecule has 24 heavy (non-hydrogen) atoms. The van der Waals surface area contributed by atoms with Crippen molar-refractivity contribution < 1.29 is 4.79 Å². The lowest BCUT2D eigenvalue weighted by molar-refractivity contribution is -0.138. The summed E-state index contributed by atoms with van der Waals surface area (Å²) in [5, 5.41) is 0. The Bertz CT molecular complexity index is 502. The third-order valence-electron chi connectivity index (χ3n) is 9.36. The average Bonchev–Trinajstić information content (AvgIpc) is 2.94. The van der Waals surface area contributed by atoms with E-state index in [0.717, 1.165) is 30.1 Å². The maximum atomic E-state index is 12.2. The molecule has 4 aliphatic rings. The van der Waals surface area contributed by atoms with Crippen molar-refractivity contribution in [3.05, 3.63) is 0 Å². The van der Waals surface area contributed by atoms with Crippen LogP contribution in [-0.4, -0.2) is 5.91 Å². The Morgan fingerprint density at radius 3 is 2.58 bits per heavy atom. The van der Waals surface area contributed by atoms with Gasteiger partial charge in [-0.2, -0.15) is 0 Å². The molecule has 0 radical (unpaired) electrons. The predicted octanol–water partition coefficient (Wildman–Crippen LogP) is 5.30. The second-order valence-corrected chi connectivity index (χ2v) is 9.96. The number of primary amides is 1. The van der Waals surface area contributed by atoms with Crippen molar-refractivity contribution in [2.75, 3.05) is 0 Å². The Morgan fingerprint density at radius 2 is 1.83 bits per heavy atom. The molecule has 0 saturated heterocycles. The van der Waals surface area contributed by atoms with E-state index in [9.17, 15) is 4.79 Å². The van der Waals surface area contributed by atoms with Crippen LogP contribution in [0.15, 0.2) is 0 Å². The van der Waals surface area contributed by atoms with Gasteiger partial charge < -0.3 is 5.73 Å². The molecule has 4 fully saturated rings. The zero-order chi connectivity index (χ0) is 16.9. The maximum absolute atomic E-state index is 12.2. The molecular formula is C22H37NO. The number of carbonyl (C=O) groups is 1. The van der Waals surface area contributed by atoms with E-state index in [1.165, 1.54) is 70.6 Å². The summed E-state index contributed by atoms with van der Waals surface area (Å²) in [6.45, 7) is 4.94. The van der Waals surface area contributed by atoms with Gasteiger partial charge in [0.2, 0.25) is 5.91 Å².